The van der Waals surface area contributed by atoms with Crippen molar-refractivity contribution >= 4 is 5.82 Å². The minimum absolute atomic E-state index is 0.294. The first-order valence-electron chi connectivity index (χ1n) is 7.16. The van der Waals surface area contributed by atoms with Crippen LogP contribution < -0.4 is 4.90 Å². The topological polar surface area (TPSA) is 49.2 Å². The number of halogens is 1. The Hall–Kier alpha value is -2.01. The number of β-amino-alcohol motifs (C(OH)–C–C–N with tert-alkyl or cyclic N) is 1. The van der Waals surface area contributed by atoms with Gasteiger partial charge in [-0.05, 0) is 43.5 Å². The van der Waals surface area contributed by atoms with Gasteiger partial charge in [0, 0.05) is 24.8 Å². The van der Waals surface area contributed by atoms with Gasteiger partial charge in [-0.15, -0.1) is 0 Å². The number of aliphatic hydroxyl groups excluding tert-OH is 1. The first-order valence-corrected chi connectivity index (χ1v) is 7.16. The van der Waals surface area contributed by atoms with Gasteiger partial charge in [0.1, 0.15) is 11.6 Å². The van der Waals surface area contributed by atoms with E-state index in [0.717, 1.165) is 30.8 Å². The molecule has 2 heterocycles. The van der Waals surface area contributed by atoms with Gasteiger partial charge in [0.25, 0.3) is 0 Å². The van der Waals surface area contributed by atoms with Gasteiger partial charge in [-0.2, -0.15) is 0 Å². The van der Waals surface area contributed by atoms with E-state index in [0.29, 0.717) is 17.9 Å². The molecule has 1 atom stereocenters. The molecule has 2 aromatic rings. The summed E-state index contributed by atoms with van der Waals surface area (Å²) in [5, 5.41) is 9.77. The van der Waals surface area contributed by atoms with Gasteiger partial charge in [-0.3, -0.25) is 0 Å². The van der Waals surface area contributed by atoms with Gasteiger partial charge >= 0.3 is 0 Å². The highest BCUT2D eigenvalue weighted by molar-refractivity contribution is 5.61. The van der Waals surface area contributed by atoms with Crippen LogP contribution in [0.15, 0.2) is 30.5 Å². The van der Waals surface area contributed by atoms with Crippen molar-refractivity contribution in [2.75, 3.05) is 18.0 Å². The van der Waals surface area contributed by atoms with Crippen LogP contribution in [-0.4, -0.2) is 34.3 Å². The van der Waals surface area contributed by atoms with Gasteiger partial charge < -0.3 is 10.0 Å². The lowest BCUT2D eigenvalue weighted by molar-refractivity contribution is 0.154. The molecule has 1 aliphatic rings. The molecular formula is C16H18FN3O. The summed E-state index contributed by atoms with van der Waals surface area (Å²) >= 11 is 0. The predicted octanol–water partition coefficient (Wildman–Crippen LogP) is 2.55. The lowest BCUT2D eigenvalue weighted by Crippen LogP contribution is -2.38. The van der Waals surface area contributed by atoms with E-state index in [9.17, 15) is 9.50 Å². The van der Waals surface area contributed by atoms with Crippen molar-refractivity contribution in [3.8, 4) is 11.4 Å². The van der Waals surface area contributed by atoms with Crippen molar-refractivity contribution in [2.24, 2.45) is 0 Å². The lowest BCUT2D eigenvalue weighted by atomic mass is 10.1. The van der Waals surface area contributed by atoms with E-state index in [1.807, 2.05) is 17.9 Å². The third-order valence-corrected chi connectivity index (χ3v) is 3.80. The van der Waals surface area contributed by atoms with Crippen LogP contribution in [0.4, 0.5) is 10.2 Å². The molecule has 1 saturated heterocycles. The first kappa shape index (κ1) is 13.9. The van der Waals surface area contributed by atoms with Crippen molar-refractivity contribution in [3.63, 3.8) is 0 Å². The van der Waals surface area contributed by atoms with E-state index in [1.165, 1.54) is 12.1 Å². The molecule has 1 aromatic carbocycles. The van der Waals surface area contributed by atoms with Crippen LogP contribution in [-0.2, 0) is 0 Å². The Morgan fingerprint density at radius 3 is 3.00 bits per heavy atom. The number of hydrogen-bond acceptors (Lipinski definition) is 4. The molecule has 0 spiro atoms. The molecule has 110 valence electrons. The van der Waals surface area contributed by atoms with Gasteiger partial charge in [0.05, 0.1) is 6.10 Å². The summed E-state index contributed by atoms with van der Waals surface area (Å²) in [6.45, 7) is 3.36. The molecule has 0 bridgehead atoms. The van der Waals surface area contributed by atoms with E-state index >= 15 is 0 Å². The van der Waals surface area contributed by atoms with Crippen molar-refractivity contribution in [1.29, 1.82) is 0 Å². The van der Waals surface area contributed by atoms with E-state index in [2.05, 4.69) is 9.97 Å². The molecule has 0 aliphatic carbocycles. The molecule has 1 aliphatic heterocycles. The highest BCUT2D eigenvalue weighted by atomic mass is 19.1. The number of nitrogens with zero attached hydrogens (tertiary/aromatic N) is 3. The number of aryl methyl sites for hydroxylation is 1. The average molecular weight is 287 g/mol. The fourth-order valence-electron chi connectivity index (χ4n) is 2.65. The standard InChI is InChI=1S/C16H18FN3O/c1-11-4-5-12(17)9-14(11)16-18-7-6-15(19-16)20-8-2-3-13(21)10-20/h4-7,9,13,21H,2-3,8,10H2,1H3/t13-/m1/s1. The van der Waals surface area contributed by atoms with Gasteiger partial charge in [-0.25, -0.2) is 14.4 Å². The molecule has 1 fully saturated rings. The van der Waals surface area contributed by atoms with Crippen LogP contribution in [0.5, 0.6) is 0 Å². The number of anilines is 1. The summed E-state index contributed by atoms with van der Waals surface area (Å²) in [6.07, 6.45) is 3.15. The van der Waals surface area contributed by atoms with E-state index < -0.39 is 0 Å². The molecule has 4 nitrogen and oxygen atoms in total. The predicted molar refractivity (Wildman–Crippen MR) is 79.6 cm³/mol. The molecular weight excluding hydrogens is 269 g/mol. The number of hydrogen-bond donors (Lipinski definition) is 1. The van der Waals surface area contributed by atoms with Crippen LogP contribution in [0.2, 0.25) is 0 Å². The van der Waals surface area contributed by atoms with Crippen molar-refractivity contribution in [1.82, 2.24) is 9.97 Å². The highest BCUT2D eigenvalue weighted by Crippen LogP contribution is 2.24. The highest BCUT2D eigenvalue weighted by Gasteiger charge is 2.19. The largest absolute Gasteiger partial charge is 0.391 e. The maximum absolute atomic E-state index is 13.4. The van der Waals surface area contributed by atoms with Crippen LogP contribution in [0.3, 0.4) is 0 Å². The summed E-state index contributed by atoms with van der Waals surface area (Å²) < 4.78 is 13.4. The molecule has 0 amide bonds. The summed E-state index contributed by atoms with van der Waals surface area (Å²) in [4.78, 5) is 10.8. The Kier molecular flexibility index (Phi) is 3.84. The van der Waals surface area contributed by atoms with E-state index in [1.54, 1.807) is 12.3 Å². The molecule has 21 heavy (non-hydrogen) atoms. The fraction of sp³-hybridized carbons (Fsp3) is 0.375. The number of benzene rings is 1. The molecule has 0 unspecified atom stereocenters. The van der Waals surface area contributed by atoms with Crippen LogP contribution >= 0.6 is 0 Å². The van der Waals surface area contributed by atoms with Gasteiger partial charge in [0.15, 0.2) is 5.82 Å². The summed E-state index contributed by atoms with van der Waals surface area (Å²) in [6, 6.07) is 6.45. The Bertz CT molecular complexity index is 647. The van der Waals surface area contributed by atoms with Crippen molar-refractivity contribution in [2.45, 2.75) is 25.9 Å². The number of aliphatic hydroxyl groups is 1. The molecule has 0 radical (unpaired) electrons. The van der Waals surface area contributed by atoms with E-state index in [-0.39, 0.29) is 11.9 Å². The minimum atomic E-state index is -0.312. The van der Waals surface area contributed by atoms with Crippen molar-refractivity contribution < 1.29 is 9.50 Å². The van der Waals surface area contributed by atoms with Crippen LogP contribution in [0, 0.1) is 12.7 Å². The average Bonchev–Trinajstić information content (AvgIpc) is 2.50. The minimum Gasteiger partial charge on any atom is -0.391 e. The maximum atomic E-state index is 13.4. The van der Waals surface area contributed by atoms with Gasteiger partial charge in [-0.1, -0.05) is 6.07 Å². The molecule has 5 heteroatoms. The quantitative estimate of drug-likeness (QED) is 0.922. The Morgan fingerprint density at radius 1 is 1.33 bits per heavy atom. The Morgan fingerprint density at radius 2 is 2.19 bits per heavy atom. The second-order valence-corrected chi connectivity index (χ2v) is 5.44. The second kappa shape index (κ2) is 5.77. The van der Waals surface area contributed by atoms with Crippen LogP contribution in [0.25, 0.3) is 11.4 Å². The second-order valence-electron chi connectivity index (χ2n) is 5.44. The van der Waals surface area contributed by atoms with E-state index in [4.69, 9.17) is 0 Å². The van der Waals surface area contributed by atoms with Crippen molar-refractivity contribution in [3.05, 3.63) is 41.8 Å². The SMILES string of the molecule is Cc1ccc(F)cc1-c1nccc(N2CCC[C@@H](O)C2)n1. The summed E-state index contributed by atoms with van der Waals surface area (Å²) in [5.41, 5.74) is 1.64. The maximum Gasteiger partial charge on any atom is 0.161 e. The molecule has 0 saturated carbocycles. The van der Waals surface area contributed by atoms with Gasteiger partial charge in [0.2, 0.25) is 0 Å². The molecule has 1 aromatic heterocycles. The third-order valence-electron chi connectivity index (χ3n) is 3.80. The zero-order chi connectivity index (χ0) is 14.8. The zero-order valence-corrected chi connectivity index (χ0v) is 12.0. The Labute approximate surface area is 123 Å². The smallest absolute Gasteiger partial charge is 0.161 e. The normalized spacial score (nSPS) is 18.8. The number of rotatable bonds is 2. The monoisotopic (exact) mass is 287 g/mol. The number of aromatic nitrogens is 2. The van der Waals surface area contributed by atoms with Crippen LogP contribution in [0.1, 0.15) is 18.4 Å². The summed E-state index contributed by atoms with van der Waals surface area (Å²) in [5.74, 6) is 1.00. The Balaban J connectivity index is 1.94. The first-order chi connectivity index (χ1) is 10.1. The third kappa shape index (κ3) is 3.03. The summed E-state index contributed by atoms with van der Waals surface area (Å²) in [7, 11) is 0. The molecule has 1 N–H and O–H groups in total. The lowest BCUT2D eigenvalue weighted by Gasteiger charge is -2.31. The number of piperidine rings is 1. The zero-order valence-electron chi connectivity index (χ0n) is 12.0. The molecule has 3 rings (SSSR count). The fourth-order valence-corrected chi connectivity index (χ4v) is 2.65.